The van der Waals surface area contributed by atoms with Crippen molar-refractivity contribution in [3.8, 4) is 11.4 Å². The number of aliphatic imine (C=N–C) groups is 1. The molecule has 0 atom stereocenters. The molecular formula is C23H23N3O6. The summed E-state index contributed by atoms with van der Waals surface area (Å²) in [5, 5.41) is 3.04. The molecule has 0 saturated carbocycles. The van der Waals surface area contributed by atoms with Crippen molar-refractivity contribution in [3.05, 3.63) is 75.2 Å². The topological polar surface area (TPSA) is 112 Å². The first-order valence-corrected chi connectivity index (χ1v) is 9.63. The van der Waals surface area contributed by atoms with E-state index in [4.69, 9.17) is 14.2 Å². The number of carbonyl (C=O) groups is 2. The van der Waals surface area contributed by atoms with Crippen LogP contribution in [-0.2, 0) is 9.47 Å². The molecule has 0 spiro atoms. The Kier molecular flexibility index (Phi) is 6.58. The minimum absolute atomic E-state index is 0.156. The predicted octanol–water partition coefficient (Wildman–Crippen LogP) is 3.20. The Balaban J connectivity index is 2.11. The summed E-state index contributed by atoms with van der Waals surface area (Å²) in [5.41, 5.74) is 2.18. The van der Waals surface area contributed by atoms with Crippen LogP contribution in [0.1, 0.15) is 38.9 Å². The second-order valence-corrected chi connectivity index (χ2v) is 6.86. The average Bonchev–Trinajstić information content (AvgIpc) is 3.11. The number of aromatic nitrogens is 2. The first kappa shape index (κ1) is 22.5. The number of esters is 2. The Bertz CT molecular complexity index is 1250. The van der Waals surface area contributed by atoms with E-state index in [1.54, 1.807) is 45.2 Å². The fraction of sp³-hybridized carbons (Fsp3) is 0.217. The summed E-state index contributed by atoms with van der Waals surface area (Å²) in [6.07, 6.45) is 0. The molecule has 0 bridgehead atoms. The van der Waals surface area contributed by atoms with E-state index in [2.05, 4.69) is 10.1 Å². The molecule has 0 aliphatic rings. The van der Waals surface area contributed by atoms with Crippen molar-refractivity contribution >= 4 is 23.3 Å². The van der Waals surface area contributed by atoms with Gasteiger partial charge in [-0.2, -0.15) is 0 Å². The Morgan fingerprint density at radius 1 is 0.969 bits per heavy atom. The highest BCUT2D eigenvalue weighted by molar-refractivity contribution is 6.04. The van der Waals surface area contributed by atoms with Gasteiger partial charge < -0.3 is 14.2 Å². The number of nitrogens with zero attached hydrogens (tertiary/aromatic N) is 2. The Morgan fingerprint density at radius 2 is 1.62 bits per heavy atom. The average molecular weight is 437 g/mol. The lowest BCUT2D eigenvalue weighted by Gasteiger charge is -2.07. The van der Waals surface area contributed by atoms with E-state index in [-0.39, 0.29) is 22.4 Å². The molecule has 2 aromatic carbocycles. The lowest BCUT2D eigenvalue weighted by Crippen LogP contribution is -2.19. The van der Waals surface area contributed by atoms with Crippen molar-refractivity contribution in [1.82, 2.24) is 9.78 Å². The summed E-state index contributed by atoms with van der Waals surface area (Å²) in [7, 11) is 4.08. The zero-order chi connectivity index (χ0) is 23.4. The lowest BCUT2D eigenvalue weighted by molar-refractivity contribution is 0.0587. The number of benzene rings is 2. The monoisotopic (exact) mass is 437 g/mol. The van der Waals surface area contributed by atoms with Gasteiger partial charge in [-0.25, -0.2) is 14.3 Å². The molecule has 0 fully saturated rings. The van der Waals surface area contributed by atoms with Crippen LogP contribution in [-0.4, -0.2) is 48.8 Å². The summed E-state index contributed by atoms with van der Waals surface area (Å²) in [6, 6.07) is 11.3. The van der Waals surface area contributed by atoms with Gasteiger partial charge in [0, 0.05) is 5.69 Å². The number of ether oxygens (including phenoxy) is 3. The third-order valence-electron chi connectivity index (χ3n) is 4.88. The maximum Gasteiger partial charge on any atom is 0.340 e. The molecule has 3 aromatic rings. The van der Waals surface area contributed by atoms with Crippen molar-refractivity contribution in [3.63, 3.8) is 0 Å². The minimum Gasteiger partial charge on any atom is -0.497 e. The number of rotatable bonds is 6. The van der Waals surface area contributed by atoms with Gasteiger partial charge in [0.1, 0.15) is 5.75 Å². The first-order valence-electron chi connectivity index (χ1n) is 9.63. The van der Waals surface area contributed by atoms with Gasteiger partial charge in [-0.1, -0.05) is 0 Å². The quantitative estimate of drug-likeness (QED) is 0.468. The van der Waals surface area contributed by atoms with Crippen molar-refractivity contribution in [2.75, 3.05) is 21.3 Å². The molecule has 1 aromatic heterocycles. The lowest BCUT2D eigenvalue weighted by atomic mass is 10.1. The van der Waals surface area contributed by atoms with Crippen LogP contribution in [0.4, 0.5) is 5.69 Å². The molecule has 0 unspecified atom stereocenters. The number of nitrogens with one attached hydrogen (secondary N) is 1. The zero-order valence-corrected chi connectivity index (χ0v) is 18.4. The Morgan fingerprint density at radius 3 is 2.22 bits per heavy atom. The molecular weight excluding hydrogens is 414 g/mol. The number of hydrogen-bond donors (Lipinski definition) is 1. The fourth-order valence-corrected chi connectivity index (χ4v) is 3.27. The molecule has 0 radical (unpaired) electrons. The summed E-state index contributed by atoms with van der Waals surface area (Å²) in [6.45, 7) is 3.41. The molecule has 1 N–H and O–H groups in total. The van der Waals surface area contributed by atoms with Crippen LogP contribution in [0.25, 0.3) is 5.69 Å². The number of H-pyrrole nitrogens is 1. The molecule has 3 rings (SSSR count). The van der Waals surface area contributed by atoms with E-state index in [1.165, 1.54) is 37.1 Å². The number of aromatic amines is 1. The van der Waals surface area contributed by atoms with Gasteiger partial charge in [0.15, 0.2) is 0 Å². The molecule has 32 heavy (non-hydrogen) atoms. The molecule has 0 saturated heterocycles. The highest BCUT2D eigenvalue weighted by atomic mass is 16.5. The number of methoxy groups -OCH3 is 3. The van der Waals surface area contributed by atoms with Crippen LogP contribution in [0.15, 0.2) is 52.3 Å². The standard InChI is InChI=1S/C23H23N3O6/c1-13(24-19-12-15(22(28)31-4)6-11-18(19)23(29)32-5)20-14(2)25-26(21(20)27)16-7-9-17(30-3)10-8-16/h6-12,25H,1-5H3. The molecule has 166 valence electrons. The third-order valence-corrected chi connectivity index (χ3v) is 4.88. The first-order chi connectivity index (χ1) is 15.3. The van der Waals surface area contributed by atoms with Gasteiger partial charge in [-0.05, 0) is 56.3 Å². The van der Waals surface area contributed by atoms with E-state index >= 15 is 0 Å². The van der Waals surface area contributed by atoms with E-state index < -0.39 is 11.9 Å². The second-order valence-electron chi connectivity index (χ2n) is 6.86. The molecule has 0 aliphatic heterocycles. The van der Waals surface area contributed by atoms with Gasteiger partial charge in [-0.3, -0.25) is 14.9 Å². The number of hydrogen-bond acceptors (Lipinski definition) is 7. The van der Waals surface area contributed by atoms with Gasteiger partial charge in [0.05, 0.1) is 55.1 Å². The van der Waals surface area contributed by atoms with Crippen LogP contribution >= 0.6 is 0 Å². The summed E-state index contributed by atoms with van der Waals surface area (Å²) in [5.74, 6) is -0.520. The largest absolute Gasteiger partial charge is 0.497 e. The maximum absolute atomic E-state index is 13.1. The van der Waals surface area contributed by atoms with Crippen molar-refractivity contribution < 1.29 is 23.8 Å². The Labute approximate surface area is 184 Å². The van der Waals surface area contributed by atoms with E-state index in [0.29, 0.717) is 28.4 Å². The smallest absolute Gasteiger partial charge is 0.340 e. The molecule has 9 heteroatoms. The summed E-state index contributed by atoms with van der Waals surface area (Å²) < 4.78 is 16.1. The van der Waals surface area contributed by atoms with Crippen LogP contribution in [0.2, 0.25) is 0 Å². The number of carbonyl (C=O) groups excluding carboxylic acids is 2. The summed E-state index contributed by atoms with van der Waals surface area (Å²) in [4.78, 5) is 41.7. The molecule has 0 aliphatic carbocycles. The highest BCUT2D eigenvalue weighted by Gasteiger charge is 2.19. The van der Waals surface area contributed by atoms with Gasteiger partial charge >= 0.3 is 11.9 Å². The molecule has 9 nitrogen and oxygen atoms in total. The van der Waals surface area contributed by atoms with Crippen LogP contribution in [0.3, 0.4) is 0 Å². The van der Waals surface area contributed by atoms with Gasteiger partial charge in [-0.15, -0.1) is 0 Å². The highest BCUT2D eigenvalue weighted by Crippen LogP contribution is 2.24. The van der Waals surface area contributed by atoms with Crippen LogP contribution in [0.5, 0.6) is 5.75 Å². The van der Waals surface area contributed by atoms with Crippen molar-refractivity contribution in [2.45, 2.75) is 13.8 Å². The van der Waals surface area contributed by atoms with Crippen molar-refractivity contribution in [1.29, 1.82) is 0 Å². The van der Waals surface area contributed by atoms with E-state index in [0.717, 1.165) is 0 Å². The van der Waals surface area contributed by atoms with Crippen LogP contribution < -0.4 is 10.3 Å². The van der Waals surface area contributed by atoms with Crippen molar-refractivity contribution in [2.24, 2.45) is 4.99 Å². The minimum atomic E-state index is -0.616. The van der Waals surface area contributed by atoms with Gasteiger partial charge in [0.25, 0.3) is 5.56 Å². The normalized spacial score (nSPS) is 11.2. The number of aryl methyl sites for hydroxylation is 1. The third kappa shape index (κ3) is 4.31. The molecule has 0 amide bonds. The molecule has 1 heterocycles. The van der Waals surface area contributed by atoms with Crippen LogP contribution in [0, 0.1) is 6.92 Å². The zero-order valence-electron chi connectivity index (χ0n) is 18.4. The fourth-order valence-electron chi connectivity index (χ4n) is 3.27. The van der Waals surface area contributed by atoms with E-state index in [1.807, 2.05) is 0 Å². The summed E-state index contributed by atoms with van der Waals surface area (Å²) >= 11 is 0. The van der Waals surface area contributed by atoms with Gasteiger partial charge in [0.2, 0.25) is 0 Å². The second kappa shape index (κ2) is 9.34. The SMILES string of the molecule is COC(=O)c1ccc(C(=O)OC)c(N=C(C)c2c(C)[nH]n(-c3ccc(OC)cc3)c2=O)c1. The predicted molar refractivity (Wildman–Crippen MR) is 119 cm³/mol. The van der Waals surface area contributed by atoms with E-state index in [9.17, 15) is 14.4 Å². The maximum atomic E-state index is 13.1. The Hall–Kier alpha value is -4.14.